The van der Waals surface area contributed by atoms with E-state index >= 15 is 0 Å². The van der Waals surface area contributed by atoms with Crippen LogP contribution in [-0.2, 0) is 70.6 Å². The zero-order chi connectivity index (χ0) is 13.5. The van der Waals surface area contributed by atoms with Crippen molar-refractivity contribution in [2.45, 2.75) is 0 Å². The second kappa shape index (κ2) is 14.1. The monoisotopic (exact) mass is 1060 g/mol. The largest absolute Gasteiger partial charge is 3.00 e. The Balaban J connectivity index is -0.0000000400. The van der Waals surface area contributed by atoms with E-state index in [1.165, 1.54) is 0 Å². The molecule has 108 valence electrons. The molecule has 0 N–H and O–H groups in total. The summed E-state index contributed by atoms with van der Waals surface area (Å²) in [7, 11) is 0. The molecule has 0 aromatic heterocycles. The van der Waals surface area contributed by atoms with Crippen molar-refractivity contribution < 1.29 is 170 Å². The van der Waals surface area contributed by atoms with Crippen molar-refractivity contribution in [1.29, 1.82) is 0 Å². The van der Waals surface area contributed by atoms with Gasteiger partial charge in [0, 0.05) is 0 Å². The summed E-state index contributed by atoms with van der Waals surface area (Å²) >= 11 is -18.5. The molecular formula is O12Tb2W3. The summed E-state index contributed by atoms with van der Waals surface area (Å²) < 4.78 is 104. The average molecular weight is 1060 g/mol. The molecule has 0 aliphatic heterocycles. The quantitative estimate of drug-likeness (QED) is 0.220. The summed E-state index contributed by atoms with van der Waals surface area (Å²) in [6.45, 7) is 0. The zero-order valence-electron chi connectivity index (χ0n) is 6.79. The minimum absolute atomic E-state index is 0. The first-order valence-electron chi connectivity index (χ1n) is 2.00. The van der Waals surface area contributed by atoms with Gasteiger partial charge in [-0.15, -0.1) is 0 Å². The van der Waals surface area contributed by atoms with Gasteiger partial charge in [0.25, 0.3) is 0 Å². The van der Waals surface area contributed by atoms with Crippen LogP contribution in [0.3, 0.4) is 0 Å². The smallest absolute Gasteiger partial charge is 3.00 e. The third-order valence-electron chi connectivity index (χ3n) is 0. The molecule has 0 unspecified atom stereocenters. The normalized spacial score (nSPS) is 10.2. The van der Waals surface area contributed by atoms with Crippen LogP contribution in [0.5, 0.6) is 0 Å². The van der Waals surface area contributed by atoms with E-state index in [-0.39, 0.29) is 77.2 Å². The van der Waals surface area contributed by atoms with Gasteiger partial charge in [-0.3, -0.25) is 0 Å². The van der Waals surface area contributed by atoms with Crippen molar-refractivity contribution in [3.63, 3.8) is 0 Å². The Hall–Kier alpha value is 3.20. The van der Waals surface area contributed by atoms with Gasteiger partial charge in [0.2, 0.25) is 0 Å². The molecule has 0 heterocycles. The van der Waals surface area contributed by atoms with Gasteiger partial charge in [0.05, 0.1) is 0 Å². The molecule has 0 rings (SSSR count). The molecule has 17 heteroatoms. The minimum Gasteiger partial charge on any atom is 3.00 e. The Morgan fingerprint density at radius 2 is 0.412 bits per heavy atom. The van der Waals surface area contributed by atoms with E-state index in [1.807, 2.05) is 0 Å². The van der Waals surface area contributed by atoms with Crippen LogP contribution >= 0.6 is 0 Å². The molecule has 0 saturated heterocycles. The van der Waals surface area contributed by atoms with E-state index in [4.69, 9.17) is 42.9 Å². The summed E-state index contributed by atoms with van der Waals surface area (Å²) in [4.78, 5) is 0. The van der Waals surface area contributed by atoms with Crippen LogP contribution in [-0.4, -0.2) is 0 Å². The summed E-state index contributed by atoms with van der Waals surface area (Å²) in [5, 5.41) is 0. The summed E-state index contributed by atoms with van der Waals surface area (Å²) in [5.41, 5.74) is 0. The standard InChI is InChI=1S/12O.2Tb.3W/q;;;;;;6*-1;2*+3;;;. The molecule has 0 spiro atoms. The van der Waals surface area contributed by atoms with Crippen LogP contribution in [0, 0.1) is 77.2 Å². The second-order valence-corrected chi connectivity index (χ2v) is 10.0. The Morgan fingerprint density at radius 1 is 0.412 bits per heavy atom. The number of hydrogen-bond donors (Lipinski definition) is 0. The van der Waals surface area contributed by atoms with Gasteiger partial charge in [0.15, 0.2) is 0 Å². The van der Waals surface area contributed by atoms with Gasteiger partial charge < -0.3 is 0 Å². The molecule has 12 nitrogen and oxygen atoms in total. The zero-order valence-corrected chi connectivity index (χ0v) is 19.9. The van der Waals surface area contributed by atoms with Crippen LogP contribution in [0.2, 0.25) is 0 Å². The Labute approximate surface area is 166 Å². The van der Waals surface area contributed by atoms with Crippen molar-refractivity contribution in [3.8, 4) is 0 Å². The maximum atomic E-state index is 8.65. The second-order valence-electron chi connectivity index (χ2n) is 1.22. The molecule has 0 amide bonds. The molecule has 0 aromatic rings. The van der Waals surface area contributed by atoms with Gasteiger partial charge >= 0.3 is 170 Å². The van der Waals surface area contributed by atoms with Gasteiger partial charge in [-0.25, -0.2) is 0 Å². The van der Waals surface area contributed by atoms with E-state index in [9.17, 15) is 0 Å². The van der Waals surface area contributed by atoms with Crippen LogP contribution in [0.1, 0.15) is 0 Å². The molecule has 17 heavy (non-hydrogen) atoms. The number of rotatable bonds is 0. The van der Waals surface area contributed by atoms with Crippen molar-refractivity contribution >= 4 is 0 Å². The average Bonchev–Trinajstić information content (AvgIpc) is 1.41. The molecule has 0 aliphatic carbocycles. The van der Waals surface area contributed by atoms with E-state index in [1.54, 1.807) is 0 Å². The van der Waals surface area contributed by atoms with Crippen molar-refractivity contribution in [2.24, 2.45) is 0 Å². The molecule has 0 fully saturated rings. The van der Waals surface area contributed by atoms with Gasteiger partial charge in [-0.2, -0.15) is 0 Å². The van der Waals surface area contributed by atoms with Crippen LogP contribution in [0.25, 0.3) is 0 Å². The van der Waals surface area contributed by atoms with Crippen molar-refractivity contribution in [2.75, 3.05) is 0 Å². The van der Waals surface area contributed by atoms with E-state index in [0.29, 0.717) is 0 Å². The molecular weight excluding hydrogens is 1060 g/mol. The number of hydrogen-bond acceptors (Lipinski definition) is 12. The minimum atomic E-state index is -6.17. The molecule has 0 radical (unpaired) electrons. The van der Waals surface area contributed by atoms with Crippen molar-refractivity contribution in [3.05, 3.63) is 0 Å². The predicted molar refractivity (Wildman–Crippen MR) is 4.12 cm³/mol. The topological polar surface area (TPSA) is 241 Å². The molecule has 0 aliphatic rings. The third-order valence-corrected chi connectivity index (χ3v) is 0. The molecule has 0 aromatic carbocycles. The van der Waals surface area contributed by atoms with E-state index in [0.717, 1.165) is 0 Å². The summed E-state index contributed by atoms with van der Waals surface area (Å²) in [6, 6.07) is 0. The first kappa shape index (κ1) is 32.2. The van der Waals surface area contributed by atoms with Crippen molar-refractivity contribution in [1.82, 2.24) is 0 Å². The molecule has 0 atom stereocenters. The maximum absolute atomic E-state index is 8.65. The fourth-order valence-corrected chi connectivity index (χ4v) is 0. The summed E-state index contributed by atoms with van der Waals surface area (Å²) in [5.74, 6) is 0. The maximum Gasteiger partial charge on any atom is 3.00 e. The van der Waals surface area contributed by atoms with E-state index < -0.39 is 50.2 Å². The Bertz CT molecular complexity index is 341. The van der Waals surface area contributed by atoms with Crippen LogP contribution in [0.15, 0.2) is 0 Å². The fraction of sp³-hybridized carbons (Fsp3) is 0. The summed E-state index contributed by atoms with van der Waals surface area (Å²) in [6.07, 6.45) is 0. The van der Waals surface area contributed by atoms with E-state index in [2.05, 4.69) is 0 Å². The predicted octanol–water partition coefficient (Wildman–Crippen LogP) is -7.85. The van der Waals surface area contributed by atoms with Gasteiger partial charge in [-0.1, -0.05) is 0 Å². The Kier molecular flexibility index (Phi) is 26.8. The fourth-order valence-electron chi connectivity index (χ4n) is 0. The molecule has 0 saturated carbocycles. The van der Waals surface area contributed by atoms with Gasteiger partial charge in [-0.05, 0) is 0 Å². The molecule has 0 bridgehead atoms. The van der Waals surface area contributed by atoms with Crippen LogP contribution < -0.4 is 22.6 Å². The SMILES string of the molecule is [O]=[W](=[O])([O-])[O-].[O]=[W](=[O])([O-])[O-].[O]=[W](=[O])([O-])[O-].[Tb+3].[Tb+3]. The van der Waals surface area contributed by atoms with Gasteiger partial charge in [0.1, 0.15) is 0 Å². The van der Waals surface area contributed by atoms with Crippen LogP contribution in [0.4, 0.5) is 0 Å². The first-order valence-corrected chi connectivity index (χ1v) is 16.4. The first-order chi connectivity index (χ1) is 6.00. The Morgan fingerprint density at radius 3 is 0.412 bits per heavy atom. The third kappa shape index (κ3) is 556.